The van der Waals surface area contributed by atoms with Gasteiger partial charge in [-0.1, -0.05) is 0 Å². The van der Waals surface area contributed by atoms with E-state index in [1.165, 1.54) is 7.11 Å². The minimum atomic E-state index is -1.43. The highest BCUT2D eigenvalue weighted by molar-refractivity contribution is 5.88. The molecule has 0 aliphatic carbocycles. The first kappa shape index (κ1) is 30.3. The summed E-state index contributed by atoms with van der Waals surface area (Å²) < 4.78 is 67.4. The lowest BCUT2D eigenvalue weighted by atomic mass is 9.73. The van der Waals surface area contributed by atoms with Crippen LogP contribution in [0.1, 0.15) is 37.4 Å². The standard InChI is InChI=1S/C29H34F4N4O4/c1-36(2)24-17-34-23-5-4-19(40-3)16-20(23)26(24)21(31)6-7-29(28(38)35-39)8-10-37(11-9-29)12-13-41-25-15-18(30)14-22(32)27(25)33/h4-5,14-17,21,39H,6-13H2,1-3H3,(H,35,38). The molecule has 41 heavy (non-hydrogen) atoms. The number of hydrogen-bond donors (Lipinski definition) is 2. The Morgan fingerprint density at radius 1 is 1.20 bits per heavy atom. The number of amides is 1. The zero-order valence-electron chi connectivity index (χ0n) is 23.2. The molecule has 1 atom stereocenters. The summed E-state index contributed by atoms with van der Waals surface area (Å²) in [6.45, 7) is 1.13. The van der Waals surface area contributed by atoms with Crippen LogP contribution in [0.25, 0.3) is 10.9 Å². The molecule has 0 saturated carbocycles. The summed E-state index contributed by atoms with van der Waals surface area (Å²) in [5.41, 5.74) is 2.44. The van der Waals surface area contributed by atoms with Crippen molar-refractivity contribution in [1.29, 1.82) is 0 Å². The van der Waals surface area contributed by atoms with Crippen LogP contribution in [0.5, 0.6) is 11.5 Å². The zero-order valence-corrected chi connectivity index (χ0v) is 23.2. The smallest absolute Gasteiger partial charge is 0.249 e. The quantitative estimate of drug-likeness (QED) is 0.140. The maximum absolute atomic E-state index is 16.1. The number of nitrogens with zero attached hydrogens (tertiary/aromatic N) is 3. The lowest BCUT2D eigenvalue weighted by molar-refractivity contribution is -0.143. The third-order valence-corrected chi connectivity index (χ3v) is 7.79. The topological polar surface area (TPSA) is 87.2 Å². The fraction of sp³-hybridized carbons (Fsp3) is 0.448. The maximum atomic E-state index is 16.1. The first-order valence-electron chi connectivity index (χ1n) is 13.3. The van der Waals surface area contributed by atoms with Gasteiger partial charge in [0.05, 0.1) is 29.9 Å². The Labute approximate surface area is 235 Å². The molecule has 222 valence electrons. The Bertz CT molecular complexity index is 1380. The molecule has 1 aromatic heterocycles. The number of piperidine rings is 1. The summed E-state index contributed by atoms with van der Waals surface area (Å²) in [4.78, 5) is 21.0. The third kappa shape index (κ3) is 6.65. The molecule has 1 aliphatic rings. The average Bonchev–Trinajstić information content (AvgIpc) is 2.97. The highest BCUT2D eigenvalue weighted by Gasteiger charge is 2.42. The van der Waals surface area contributed by atoms with E-state index in [0.717, 1.165) is 6.07 Å². The predicted octanol–water partition coefficient (Wildman–Crippen LogP) is 5.18. The number of pyridine rings is 1. The molecule has 1 aliphatic heterocycles. The number of aromatic nitrogens is 1. The van der Waals surface area contributed by atoms with E-state index in [2.05, 4.69) is 4.98 Å². The molecule has 1 fully saturated rings. The van der Waals surface area contributed by atoms with Crippen LogP contribution in [-0.4, -0.2) is 68.4 Å². The number of benzene rings is 2. The Morgan fingerprint density at radius 2 is 1.93 bits per heavy atom. The molecule has 1 saturated heterocycles. The number of ether oxygens (including phenoxy) is 2. The van der Waals surface area contributed by atoms with E-state index in [4.69, 9.17) is 9.47 Å². The van der Waals surface area contributed by atoms with Gasteiger partial charge in [-0.15, -0.1) is 0 Å². The first-order chi connectivity index (χ1) is 19.6. The van der Waals surface area contributed by atoms with Crippen molar-refractivity contribution in [2.75, 3.05) is 52.3 Å². The Balaban J connectivity index is 1.44. The van der Waals surface area contributed by atoms with Gasteiger partial charge < -0.3 is 14.4 Å². The SMILES string of the molecule is COc1ccc2ncc(N(C)C)c(C(F)CCC3(C(=O)NO)CCN(CCOc4cc(F)cc(F)c4F)CC3)c2c1. The summed E-state index contributed by atoms with van der Waals surface area (Å²) in [6.07, 6.45) is 1.07. The van der Waals surface area contributed by atoms with Crippen molar-refractivity contribution in [1.82, 2.24) is 15.4 Å². The summed E-state index contributed by atoms with van der Waals surface area (Å²) in [6, 6.07) is 6.49. The van der Waals surface area contributed by atoms with Crippen LogP contribution in [0.3, 0.4) is 0 Å². The van der Waals surface area contributed by atoms with Crippen LogP contribution in [0.15, 0.2) is 36.5 Å². The second kappa shape index (κ2) is 12.9. The van der Waals surface area contributed by atoms with E-state index in [-0.39, 0.29) is 19.4 Å². The van der Waals surface area contributed by atoms with Crippen LogP contribution in [-0.2, 0) is 4.79 Å². The van der Waals surface area contributed by atoms with E-state index < -0.39 is 40.7 Å². The van der Waals surface area contributed by atoms with Crippen molar-refractivity contribution >= 4 is 22.5 Å². The predicted molar refractivity (Wildman–Crippen MR) is 146 cm³/mol. The zero-order chi connectivity index (χ0) is 29.7. The molecule has 0 bridgehead atoms. The van der Waals surface area contributed by atoms with E-state index >= 15 is 4.39 Å². The Morgan fingerprint density at radius 3 is 2.59 bits per heavy atom. The molecule has 3 aromatic rings. The molecule has 2 N–H and O–H groups in total. The second-order valence-corrected chi connectivity index (χ2v) is 10.5. The third-order valence-electron chi connectivity index (χ3n) is 7.79. The molecule has 0 spiro atoms. The number of carbonyl (C=O) groups excluding carboxylic acids is 1. The van der Waals surface area contributed by atoms with Gasteiger partial charge in [0.1, 0.15) is 24.3 Å². The number of likely N-dealkylation sites (tertiary alicyclic amines) is 1. The highest BCUT2D eigenvalue weighted by Crippen LogP contribution is 2.43. The maximum Gasteiger partial charge on any atom is 0.249 e. The number of methoxy groups -OCH3 is 1. The number of hydroxylamine groups is 1. The number of halogens is 4. The number of hydrogen-bond acceptors (Lipinski definition) is 7. The minimum absolute atomic E-state index is 0.0259. The normalized spacial score (nSPS) is 15.9. The van der Waals surface area contributed by atoms with E-state index in [9.17, 15) is 23.2 Å². The Hall–Kier alpha value is -3.64. The van der Waals surface area contributed by atoms with E-state index in [0.29, 0.717) is 66.4 Å². The largest absolute Gasteiger partial charge is 0.497 e. The Kier molecular flexibility index (Phi) is 9.54. The monoisotopic (exact) mass is 578 g/mol. The van der Waals surface area contributed by atoms with Gasteiger partial charge in [-0.05, 0) is 57.0 Å². The minimum Gasteiger partial charge on any atom is -0.497 e. The molecule has 12 heteroatoms. The van der Waals surface area contributed by atoms with Crippen molar-refractivity contribution in [2.45, 2.75) is 31.9 Å². The number of alkyl halides is 1. The summed E-state index contributed by atoms with van der Waals surface area (Å²) in [5.74, 6) is -4.06. The van der Waals surface area contributed by atoms with Crippen molar-refractivity contribution in [3.8, 4) is 11.5 Å². The van der Waals surface area contributed by atoms with E-state index in [1.54, 1.807) is 48.9 Å². The van der Waals surface area contributed by atoms with Crippen molar-refractivity contribution < 1.29 is 37.0 Å². The molecule has 8 nitrogen and oxygen atoms in total. The molecule has 4 rings (SSSR count). The lowest BCUT2D eigenvalue weighted by Gasteiger charge is -2.40. The van der Waals surface area contributed by atoms with Gasteiger partial charge in [-0.2, -0.15) is 4.39 Å². The summed E-state index contributed by atoms with van der Waals surface area (Å²) >= 11 is 0. The average molecular weight is 579 g/mol. The second-order valence-electron chi connectivity index (χ2n) is 10.5. The van der Waals surface area contributed by atoms with Crippen LogP contribution in [0.4, 0.5) is 23.2 Å². The number of nitrogens with one attached hydrogen (secondary N) is 1. The molecule has 1 amide bonds. The number of fused-ring (bicyclic) bond motifs is 1. The van der Waals surface area contributed by atoms with E-state index in [1.807, 2.05) is 4.90 Å². The van der Waals surface area contributed by atoms with Crippen molar-refractivity contribution in [2.24, 2.45) is 5.41 Å². The molecule has 2 aromatic carbocycles. The van der Waals surface area contributed by atoms with Gasteiger partial charge in [0.2, 0.25) is 11.7 Å². The van der Waals surface area contributed by atoms with Gasteiger partial charge in [0.25, 0.3) is 0 Å². The summed E-state index contributed by atoms with van der Waals surface area (Å²) in [5, 5.41) is 10.1. The molecular weight excluding hydrogens is 544 g/mol. The molecule has 0 radical (unpaired) electrons. The van der Waals surface area contributed by atoms with Gasteiger partial charge in [-0.25, -0.2) is 18.7 Å². The molecule has 1 unspecified atom stereocenters. The van der Waals surface area contributed by atoms with Crippen LogP contribution < -0.4 is 19.9 Å². The van der Waals surface area contributed by atoms with Crippen molar-refractivity contribution in [3.05, 3.63) is 59.5 Å². The van der Waals surface area contributed by atoms with Gasteiger partial charge in [0, 0.05) is 43.7 Å². The summed E-state index contributed by atoms with van der Waals surface area (Å²) in [7, 11) is 5.14. The molecular formula is C29H34F4N4O4. The first-order valence-corrected chi connectivity index (χ1v) is 13.3. The number of anilines is 1. The van der Waals surface area contributed by atoms with Gasteiger partial charge in [0.15, 0.2) is 11.6 Å². The van der Waals surface area contributed by atoms with Gasteiger partial charge in [-0.3, -0.25) is 19.9 Å². The van der Waals surface area contributed by atoms with Crippen LogP contribution in [0.2, 0.25) is 0 Å². The fourth-order valence-electron chi connectivity index (χ4n) is 5.38. The number of carbonyl (C=O) groups is 1. The lowest BCUT2D eigenvalue weighted by Crippen LogP contribution is -2.49. The van der Waals surface area contributed by atoms with Crippen molar-refractivity contribution in [3.63, 3.8) is 0 Å². The van der Waals surface area contributed by atoms with Crippen LogP contribution >= 0.6 is 0 Å². The highest BCUT2D eigenvalue weighted by atomic mass is 19.2. The number of rotatable bonds is 11. The van der Waals surface area contributed by atoms with Crippen LogP contribution in [0, 0.1) is 22.9 Å². The van der Waals surface area contributed by atoms with Gasteiger partial charge >= 0.3 is 0 Å². The molecule has 2 heterocycles. The fourth-order valence-corrected chi connectivity index (χ4v) is 5.38.